The van der Waals surface area contributed by atoms with Gasteiger partial charge < -0.3 is 24.9 Å². The van der Waals surface area contributed by atoms with Gasteiger partial charge in [0.25, 0.3) is 0 Å². The zero-order chi connectivity index (χ0) is 24.9. The smallest absolute Gasteiger partial charge is 0.307 e. The Morgan fingerprint density at radius 2 is 2.03 bits per heavy atom. The van der Waals surface area contributed by atoms with Crippen molar-refractivity contribution in [3.8, 4) is 16.9 Å². The maximum Gasteiger partial charge on any atom is 0.307 e. The van der Waals surface area contributed by atoms with Gasteiger partial charge in [-0.05, 0) is 29.8 Å². The number of benzene rings is 3. The number of halogens is 1. The molecule has 7 heteroatoms. The van der Waals surface area contributed by atoms with Crippen molar-refractivity contribution in [2.75, 3.05) is 18.5 Å². The summed E-state index contributed by atoms with van der Waals surface area (Å²) in [6.45, 7) is 0.465. The number of aliphatic carboxylic acids is 1. The van der Waals surface area contributed by atoms with Gasteiger partial charge in [-0.15, -0.1) is 0 Å². The summed E-state index contributed by atoms with van der Waals surface area (Å²) >= 11 is 0. The molecule has 168 valence electrons. The van der Waals surface area contributed by atoms with Crippen LogP contribution < -0.4 is 15.4 Å². The van der Waals surface area contributed by atoms with Crippen LogP contribution in [0.4, 0.5) is 10.1 Å². The minimum atomic E-state index is -0.967. The van der Waals surface area contributed by atoms with E-state index >= 15 is 4.39 Å². The Morgan fingerprint density at radius 1 is 1.24 bits per heavy atom. The molecule has 6 nitrogen and oxygen atoms in total. The number of anilines is 1. The van der Waals surface area contributed by atoms with Gasteiger partial charge >= 0.3 is 5.97 Å². The molecule has 0 saturated heterocycles. The molecule has 0 aliphatic carbocycles. The minimum absolute atomic E-state index is 0.0215. The van der Waals surface area contributed by atoms with Crippen LogP contribution in [-0.2, 0) is 17.8 Å². The molecule has 0 bridgehead atoms. The van der Waals surface area contributed by atoms with E-state index < -0.39 is 17.9 Å². The highest BCUT2D eigenvalue weighted by Gasteiger charge is 2.28. The molecular weight excluding hydrogens is 423 g/mol. The van der Waals surface area contributed by atoms with E-state index in [4.69, 9.17) is 17.6 Å². The molecule has 0 amide bonds. The van der Waals surface area contributed by atoms with Crippen LogP contribution in [0, 0.1) is 5.82 Å². The molecule has 3 N–H and O–H groups in total. The summed E-state index contributed by atoms with van der Waals surface area (Å²) in [5.74, 6) is -0.976. The monoisotopic (exact) mass is 448 g/mol. The quantitative estimate of drug-likeness (QED) is 0.452. The minimum Gasteiger partial charge on any atom is -0.481 e. The number of nitrogens with zero attached hydrogens (tertiary/aromatic N) is 1. The van der Waals surface area contributed by atoms with Gasteiger partial charge in [-0.3, -0.25) is 4.79 Å². The maximum absolute atomic E-state index is 15.3. The second kappa shape index (κ2) is 8.26. The molecule has 2 heterocycles. The van der Waals surface area contributed by atoms with E-state index in [0.717, 1.165) is 5.69 Å². The number of rotatable bonds is 5. The average molecular weight is 448 g/mol. The number of fused-ring (bicyclic) bond motifs is 2. The van der Waals surface area contributed by atoms with Gasteiger partial charge in [-0.2, -0.15) is 0 Å². The van der Waals surface area contributed by atoms with E-state index in [2.05, 4.69) is 0 Å². The zero-order valence-electron chi connectivity index (χ0n) is 19.9. The molecular formula is C26H23FN2O4. The number of furan rings is 1. The normalized spacial score (nSPS) is 16.2. The SMILES string of the molecule is [2H]c1oc2c(-c3cccc(CN)c3F)cc([C@@H]3CN(C)c4cccc(CC(=O)O)c4O3)cc2c1[2H]. The van der Waals surface area contributed by atoms with Crippen LogP contribution in [0.2, 0.25) is 0 Å². The summed E-state index contributed by atoms with van der Waals surface area (Å²) in [4.78, 5) is 13.4. The van der Waals surface area contributed by atoms with Crippen molar-refractivity contribution in [1.82, 2.24) is 0 Å². The van der Waals surface area contributed by atoms with Crippen molar-refractivity contribution in [2.45, 2.75) is 19.1 Å². The van der Waals surface area contributed by atoms with Crippen LogP contribution in [-0.4, -0.2) is 24.7 Å². The molecule has 4 aromatic rings. The molecule has 1 atom stereocenters. The van der Waals surface area contributed by atoms with Gasteiger partial charge in [0.2, 0.25) is 0 Å². The summed E-state index contributed by atoms with van der Waals surface area (Å²) in [7, 11) is 1.89. The lowest BCUT2D eigenvalue weighted by Gasteiger charge is -2.35. The first-order chi connectivity index (χ1) is 16.8. The van der Waals surface area contributed by atoms with Gasteiger partial charge in [-0.25, -0.2) is 4.39 Å². The summed E-state index contributed by atoms with van der Waals surface area (Å²) < 4.78 is 43.5. The highest BCUT2D eigenvalue weighted by Crippen LogP contribution is 2.42. The first-order valence-electron chi connectivity index (χ1n) is 11.5. The van der Waals surface area contributed by atoms with Gasteiger partial charge in [-0.1, -0.05) is 30.3 Å². The van der Waals surface area contributed by atoms with E-state index in [1.54, 1.807) is 42.5 Å². The van der Waals surface area contributed by atoms with Crippen LogP contribution in [0.5, 0.6) is 5.75 Å². The second-order valence-corrected chi connectivity index (χ2v) is 8.08. The molecule has 0 saturated carbocycles. The van der Waals surface area contributed by atoms with E-state index in [0.29, 0.717) is 39.9 Å². The highest BCUT2D eigenvalue weighted by atomic mass is 19.1. The van der Waals surface area contributed by atoms with Crippen molar-refractivity contribution >= 4 is 22.6 Å². The third-order valence-corrected chi connectivity index (χ3v) is 5.94. The average Bonchev–Trinajstić information content (AvgIpc) is 3.12. The van der Waals surface area contributed by atoms with Gasteiger partial charge in [0, 0.05) is 41.2 Å². The number of nitrogens with two attached hydrogens (primary N) is 1. The third-order valence-electron chi connectivity index (χ3n) is 5.94. The third kappa shape index (κ3) is 3.70. The number of carboxylic acid groups (broad SMARTS) is 1. The Kier molecular flexibility index (Phi) is 4.68. The molecule has 1 aliphatic heterocycles. The fourth-order valence-electron chi connectivity index (χ4n) is 4.33. The molecule has 0 fully saturated rings. The summed E-state index contributed by atoms with van der Waals surface area (Å²) in [6.07, 6.45) is -1.04. The van der Waals surface area contributed by atoms with Gasteiger partial charge in [0.1, 0.15) is 24.6 Å². The lowest BCUT2D eigenvalue weighted by atomic mass is 9.95. The number of likely N-dealkylation sites (N-methyl/N-ethyl adjacent to an activating group) is 1. The number of carbonyl (C=O) groups is 1. The Balaban J connectivity index is 1.68. The van der Waals surface area contributed by atoms with E-state index in [1.165, 1.54) is 0 Å². The van der Waals surface area contributed by atoms with Crippen molar-refractivity contribution < 1.29 is 26.2 Å². The Morgan fingerprint density at radius 3 is 2.82 bits per heavy atom. The number of carboxylic acids is 1. The molecule has 0 unspecified atom stereocenters. The van der Waals surface area contributed by atoms with Crippen LogP contribution in [0.15, 0.2) is 65.2 Å². The van der Waals surface area contributed by atoms with Crippen LogP contribution >= 0.6 is 0 Å². The highest BCUT2D eigenvalue weighted by molar-refractivity contribution is 5.93. The topological polar surface area (TPSA) is 88.9 Å². The first-order valence-corrected chi connectivity index (χ1v) is 10.5. The molecule has 5 rings (SSSR count). The zero-order valence-corrected chi connectivity index (χ0v) is 17.9. The van der Waals surface area contributed by atoms with Crippen LogP contribution in [0.3, 0.4) is 0 Å². The molecule has 33 heavy (non-hydrogen) atoms. The fraction of sp³-hybridized carbons (Fsp3) is 0.192. The largest absolute Gasteiger partial charge is 0.481 e. The summed E-state index contributed by atoms with van der Waals surface area (Å²) in [5.41, 5.74) is 8.92. The molecule has 3 aromatic carbocycles. The van der Waals surface area contributed by atoms with Gasteiger partial charge in [0.05, 0.1) is 26.3 Å². The van der Waals surface area contributed by atoms with Crippen LogP contribution in [0.25, 0.3) is 22.1 Å². The van der Waals surface area contributed by atoms with Gasteiger partial charge in [0.15, 0.2) is 0 Å². The second-order valence-electron chi connectivity index (χ2n) is 8.08. The number of ether oxygens (including phenoxy) is 1. The maximum atomic E-state index is 15.3. The molecule has 0 spiro atoms. The van der Waals surface area contributed by atoms with E-state index in [-0.39, 0.29) is 36.4 Å². The van der Waals surface area contributed by atoms with Crippen LogP contribution in [0.1, 0.15) is 25.5 Å². The van der Waals surface area contributed by atoms with Crippen molar-refractivity contribution in [1.29, 1.82) is 0 Å². The first kappa shape index (κ1) is 18.7. The molecule has 0 radical (unpaired) electrons. The number of para-hydroxylation sites is 1. The van der Waals surface area contributed by atoms with E-state index in [1.807, 2.05) is 18.0 Å². The van der Waals surface area contributed by atoms with Crippen molar-refractivity contribution in [2.24, 2.45) is 5.73 Å². The summed E-state index contributed by atoms with van der Waals surface area (Å²) in [5, 5.41) is 9.71. The molecule has 1 aromatic heterocycles. The predicted octanol–water partition coefficient (Wildman–Crippen LogP) is 4.89. The molecule has 1 aliphatic rings. The van der Waals surface area contributed by atoms with Crippen molar-refractivity contribution in [3.63, 3.8) is 0 Å². The van der Waals surface area contributed by atoms with Crippen molar-refractivity contribution in [3.05, 3.63) is 83.3 Å². The number of hydrogen-bond donors (Lipinski definition) is 2. The predicted molar refractivity (Wildman–Crippen MR) is 124 cm³/mol. The fourth-order valence-corrected chi connectivity index (χ4v) is 4.33. The Labute approximate surface area is 192 Å². The van der Waals surface area contributed by atoms with E-state index in [9.17, 15) is 9.90 Å². The lowest BCUT2D eigenvalue weighted by molar-refractivity contribution is -0.136. The lowest BCUT2D eigenvalue weighted by Crippen LogP contribution is -2.32. The summed E-state index contributed by atoms with van der Waals surface area (Å²) in [6, 6.07) is 13.6. The Bertz CT molecular complexity index is 1470. The Hall–Kier alpha value is -3.84. The standard InChI is InChI=1S/C26H23FN2O4/c1-29-14-22(33-26-15(12-23(30)31)4-3-7-21(26)29)18-10-16-8-9-32-25(16)20(11-18)19-6-2-5-17(13-28)24(19)27/h2-11,22H,12-14,28H2,1H3,(H,30,31)/t22-/m0/s1/i8D,9D. The number of hydrogen-bond acceptors (Lipinski definition) is 5.